The zero-order chi connectivity index (χ0) is 20.8. The normalized spacial score (nSPS) is 50.6. The number of ketones is 1. The molecule has 0 saturated heterocycles. The van der Waals surface area contributed by atoms with Gasteiger partial charge in [-0.3, -0.25) is 4.79 Å². The Morgan fingerprint density at radius 1 is 1.32 bits per heavy atom. The molecule has 28 heavy (non-hydrogen) atoms. The highest BCUT2D eigenvalue weighted by molar-refractivity contribution is 7.80. The summed E-state index contributed by atoms with van der Waals surface area (Å²) in [6, 6.07) is 0. The van der Waals surface area contributed by atoms with E-state index in [4.69, 9.17) is 12.2 Å². The van der Waals surface area contributed by atoms with Gasteiger partial charge in [-0.2, -0.15) is 4.39 Å². The number of hydrogen-bond acceptors (Lipinski definition) is 4. The summed E-state index contributed by atoms with van der Waals surface area (Å²) in [4.78, 5) is 11.8. The minimum atomic E-state index is -1.61. The summed E-state index contributed by atoms with van der Waals surface area (Å²) in [6.07, 6.45) is 1.88. The lowest BCUT2D eigenvalue weighted by Crippen LogP contribution is -2.62. The molecular weight excluding hydrogens is 386 g/mol. The molecule has 0 radical (unpaired) electrons. The van der Waals surface area contributed by atoms with Crippen LogP contribution in [0.2, 0.25) is 0 Å². The first-order chi connectivity index (χ1) is 12.9. The van der Waals surface area contributed by atoms with Gasteiger partial charge in [0.05, 0.1) is 6.10 Å². The van der Waals surface area contributed by atoms with E-state index in [0.717, 1.165) is 0 Å². The van der Waals surface area contributed by atoms with Crippen molar-refractivity contribution in [2.24, 2.45) is 34.5 Å². The van der Waals surface area contributed by atoms with Crippen LogP contribution in [0.5, 0.6) is 0 Å². The van der Waals surface area contributed by atoms with Crippen LogP contribution in [0.4, 0.5) is 8.78 Å². The van der Waals surface area contributed by atoms with Crippen LogP contribution >= 0.6 is 12.2 Å². The quantitative estimate of drug-likeness (QED) is 0.572. The van der Waals surface area contributed by atoms with Crippen molar-refractivity contribution in [2.45, 2.75) is 58.2 Å². The van der Waals surface area contributed by atoms with Crippen LogP contribution in [-0.4, -0.2) is 37.9 Å². The SMILES string of the molecule is C[C@@H]1C[C@H]2[C@@H]3CCC4=CC(=O)C(F)=C(F)[C@]4(C)[C@H]3[C@@H](O)C[C@]2(C)[C@@]1(O)C(O)=S. The first-order valence-electron chi connectivity index (χ1n) is 9.85. The molecule has 4 aliphatic carbocycles. The Labute approximate surface area is 168 Å². The van der Waals surface area contributed by atoms with Gasteiger partial charge in [0.1, 0.15) is 11.4 Å². The van der Waals surface area contributed by atoms with E-state index in [1.807, 2.05) is 13.8 Å². The molecule has 3 saturated carbocycles. The van der Waals surface area contributed by atoms with E-state index in [-0.39, 0.29) is 24.2 Å². The van der Waals surface area contributed by atoms with Gasteiger partial charge in [-0.25, -0.2) is 4.39 Å². The van der Waals surface area contributed by atoms with Gasteiger partial charge in [0, 0.05) is 16.7 Å². The summed E-state index contributed by atoms with van der Waals surface area (Å²) in [5, 5.41) is 32.1. The number of carbonyl (C=O) groups excluding carboxylic acids is 1. The molecule has 4 aliphatic rings. The van der Waals surface area contributed by atoms with Gasteiger partial charge >= 0.3 is 0 Å². The second kappa shape index (κ2) is 5.92. The number of aliphatic hydroxyl groups is 3. The molecule has 7 heteroatoms. The molecular formula is C21H26F2O4S. The summed E-state index contributed by atoms with van der Waals surface area (Å²) in [5.74, 6) is -4.64. The van der Waals surface area contributed by atoms with Crippen LogP contribution in [0.25, 0.3) is 0 Å². The van der Waals surface area contributed by atoms with Crippen LogP contribution in [0.3, 0.4) is 0 Å². The van der Waals surface area contributed by atoms with Gasteiger partial charge in [-0.05, 0) is 68.7 Å². The number of fused-ring (bicyclic) bond motifs is 5. The highest BCUT2D eigenvalue weighted by Crippen LogP contribution is 2.69. The summed E-state index contributed by atoms with van der Waals surface area (Å²) >= 11 is 4.99. The molecule has 0 bridgehead atoms. The van der Waals surface area contributed by atoms with Crippen molar-refractivity contribution in [3.63, 3.8) is 0 Å². The number of thiocarbonyl (C=S) groups is 1. The fourth-order valence-electron chi connectivity index (χ4n) is 7.22. The Bertz CT molecular complexity index is 838. The van der Waals surface area contributed by atoms with Gasteiger partial charge in [-0.1, -0.05) is 19.4 Å². The van der Waals surface area contributed by atoms with E-state index < -0.39 is 50.9 Å². The van der Waals surface area contributed by atoms with Crippen LogP contribution < -0.4 is 0 Å². The molecule has 0 aromatic heterocycles. The number of carbonyl (C=O) groups is 1. The molecule has 0 unspecified atom stereocenters. The molecule has 0 aromatic rings. The number of allylic oxidation sites excluding steroid dienone is 4. The van der Waals surface area contributed by atoms with Gasteiger partial charge in [0.25, 0.3) is 0 Å². The Hall–Kier alpha value is -1.18. The minimum absolute atomic E-state index is 0.113. The zero-order valence-electron chi connectivity index (χ0n) is 16.2. The van der Waals surface area contributed by atoms with E-state index in [9.17, 15) is 24.5 Å². The van der Waals surface area contributed by atoms with E-state index in [2.05, 4.69) is 0 Å². The molecule has 4 nitrogen and oxygen atoms in total. The third-order valence-corrected chi connectivity index (χ3v) is 8.92. The molecule has 0 aliphatic heterocycles. The number of aliphatic hydroxyl groups excluding tert-OH is 2. The Kier molecular flexibility index (Phi) is 4.25. The van der Waals surface area contributed by atoms with Gasteiger partial charge in [0.2, 0.25) is 11.6 Å². The summed E-state index contributed by atoms with van der Waals surface area (Å²) in [7, 11) is 0. The fraction of sp³-hybridized carbons (Fsp3) is 0.714. The van der Waals surface area contributed by atoms with Crippen molar-refractivity contribution in [1.82, 2.24) is 0 Å². The molecule has 154 valence electrons. The lowest BCUT2D eigenvalue weighted by Gasteiger charge is -2.59. The predicted octanol–water partition coefficient (Wildman–Crippen LogP) is 3.72. The second-order valence-corrected chi connectivity index (χ2v) is 9.98. The minimum Gasteiger partial charge on any atom is -0.500 e. The number of halogens is 2. The van der Waals surface area contributed by atoms with Crippen molar-refractivity contribution in [3.05, 3.63) is 23.3 Å². The average Bonchev–Trinajstić information content (AvgIpc) is 2.82. The second-order valence-electron chi connectivity index (χ2n) is 9.60. The van der Waals surface area contributed by atoms with Crippen molar-refractivity contribution in [2.75, 3.05) is 0 Å². The predicted molar refractivity (Wildman–Crippen MR) is 103 cm³/mol. The number of rotatable bonds is 1. The molecule has 3 fully saturated rings. The maximum atomic E-state index is 15.1. The molecule has 0 heterocycles. The zero-order valence-corrected chi connectivity index (χ0v) is 17.0. The highest BCUT2D eigenvalue weighted by Gasteiger charge is 2.70. The maximum Gasteiger partial charge on any atom is 0.216 e. The molecule has 0 aromatic carbocycles. The maximum absolute atomic E-state index is 15.1. The van der Waals surface area contributed by atoms with E-state index in [0.29, 0.717) is 24.8 Å². The lowest BCUT2D eigenvalue weighted by molar-refractivity contribution is -0.153. The molecule has 0 spiro atoms. The first-order valence-corrected chi connectivity index (χ1v) is 10.3. The highest BCUT2D eigenvalue weighted by atomic mass is 32.1. The van der Waals surface area contributed by atoms with Crippen LogP contribution in [0.15, 0.2) is 23.3 Å². The number of hydrogen-bond donors (Lipinski definition) is 3. The summed E-state index contributed by atoms with van der Waals surface area (Å²) < 4.78 is 29.4. The molecule has 4 rings (SSSR count). The Morgan fingerprint density at radius 2 is 1.96 bits per heavy atom. The van der Waals surface area contributed by atoms with Gasteiger partial charge < -0.3 is 15.3 Å². The monoisotopic (exact) mass is 412 g/mol. The van der Waals surface area contributed by atoms with E-state index in [1.165, 1.54) is 6.08 Å². The Balaban J connectivity index is 1.83. The van der Waals surface area contributed by atoms with Crippen LogP contribution in [0, 0.1) is 34.5 Å². The van der Waals surface area contributed by atoms with Crippen molar-refractivity contribution in [3.8, 4) is 0 Å². The summed E-state index contributed by atoms with van der Waals surface area (Å²) in [6.45, 7) is 5.22. The van der Waals surface area contributed by atoms with E-state index in [1.54, 1.807) is 6.92 Å². The summed E-state index contributed by atoms with van der Waals surface area (Å²) in [5.41, 5.74) is -3.32. The fourth-order valence-corrected chi connectivity index (χ4v) is 7.65. The molecule has 0 amide bonds. The third-order valence-electron chi connectivity index (χ3n) is 8.61. The first kappa shape index (κ1) is 20.1. The average molecular weight is 412 g/mol. The smallest absolute Gasteiger partial charge is 0.216 e. The molecule has 8 atom stereocenters. The topological polar surface area (TPSA) is 77.8 Å². The Morgan fingerprint density at radius 3 is 2.57 bits per heavy atom. The van der Waals surface area contributed by atoms with Crippen LogP contribution in [0.1, 0.15) is 46.5 Å². The van der Waals surface area contributed by atoms with Gasteiger partial charge in [0.15, 0.2) is 5.05 Å². The third kappa shape index (κ3) is 2.10. The van der Waals surface area contributed by atoms with E-state index >= 15 is 4.39 Å². The van der Waals surface area contributed by atoms with Crippen molar-refractivity contribution >= 4 is 23.1 Å². The standard InChI is InChI=1S/C21H26F2O4S/c1-9-6-12-11-5-4-10-7-13(24)16(22)17(23)20(10,3)15(11)14(25)8-19(12,2)21(9,27)18(26)28/h7,9,11-12,14-15,25,27H,4-6,8H2,1-3H3,(H,26,28)/t9-,11+,12+,14+,15-,19+,20+,21+/m1/s1. The van der Waals surface area contributed by atoms with Crippen molar-refractivity contribution in [1.29, 1.82) is 0 Å². The van der Waals surface area contributed by atoms with Crippen LogP contribution in [-0.2, 0) is 4.79 Å². The van der Waals surface area contributed by atoms with Gasteiger partial charge in [-0.15, -0.1) is 0 Å². The largest absolute Gasteiger partial charge is 0.500 e. The molecule has 3 N–H and O–H groups in total. The lowest BCUT2D eigenvalue weighted by atomic mass is 9.46. The van der Waals surface area contributed by atoms with Crippen molar-refractivity contribution < 1.29 is 28.9 Å².